The van der Waals surface area contributed by atoms with Gasteiger partial charge in [-0.25, -0.2) is 9.80 Å². The van der Waals surface area contributed by atoms with Crippen molar-refractivity contribution in [2.24, 2.45) is 5.73 Å². The third-order valence-electron chi connectivity index (χ3n) is 5.56. The molecule has 0 aliphatic carbocycles. The zero-order valence-corrected chi connectivity index (χ0v) is 15.5. The lowest BCUT2D eigenvalue weighted by Crippen LogP contribution is -2.59. The number of nitriles is 1. The predicted octanol–water partition coefficient (Wildman–Crippen LogP) is 2.03. The fourth-order valence-corrected chi connectivity index (χ4v) is 4.12. The number of carbonyl (C=O) groups excluding carboxylic acids is 1. The fraction of sp³-hybridized carbons (Fsp3) is 0.500. The van der Waals surface area contributed by atoms with E-state index in [1.165, 1.54) is 0 Å². The van der Waals surface area contributed by atoms with Crippen molar-refractivity contribution in [3.63, 3.8) is 0 Å². The Balaban J connectivity index is 1.68. The Morgan fingerprint density at radius 1 is 1.15 bits per heavy atom. The highest BCUT2D eigenvalue weighted by molar-refractivity contribution is 5.77. The fourth-order valence-electron chi connectivity index (χ4n) is 4.12. The number of likely N-dealkylation sites (tertiary alicyclic amines) is 1. The molecule has 27 heavy (non-hydrogen) atoms. The largest absolute Gasteiger partial charge is 0.355 e. The van der Waals surface area contributed by atoms with E-state index in [0.29, 0.717) is 12.1 Å². The zero-order valence-electron chi connectivity index (χ0n) is 15.5. The van der Waals surface area contributed by atoms with Gasteiger partial charge in [-0.15, -0.1) is 0 Å². The number of urea groups is 1. The van der Waals surface area contributed by atoms with E-state index in [0.717, 1.165) is 63.2 Å². The standard InChI is InChI=1S/C20H26N6O/c21-12-16-6-1-2-7-17(16)13-25-19(23-9-5-8-18(22)14-23)15-24-10-3-4-11-26(24)20(25)27/h1-2,6-7,15,18H,3-5,8-11,13-14,22H2/t18-/m1/s1. The van der Waals surface area contributed by atoms with Crippen LogP contribution in [-0.4, -0.2) is 58.1 Å². The normalized spacial score (nSPS) is 23.0. The number of amides is 2. The number of hydrogen-bond donors (Lipinski definition) is 1. The average Bonchev–Trinajstić information content (AvgIpc) is 2.70. The number of fused-ring (bicyclic) bond motifs is 1. The number of nitrogens with zero attached hydrogens (tertiary/aromatic N) is 5. The minimum Gasteiger partial charge on any atom is -0.355 e. The van der Waals surface area contributed by atoms with E-state index < -0.39 is 0 Å². The molecule has 2 saturated heterocycles. The second-order valence-electron chi connectivity index (χ2n) is 7.47. The average molecular weight is 366 g/mol. The van der Waals surface area contributed by atoms with Crippen molar-refractivity contribution in [3.05, 3.63) is 47.4 Å². The highest BCUT2D eigenvalue weighted by Gasteiger charge is 2.37. The first-order valence-electron chi connectivity index (χ1n) is 9.73. The molecular weight excluding hydrogens is 340 g/mol. The van der Waals surface area contributed by atoms with Gasteiger partial charge in [-0.3, -0.25) is 9.91 Å². The third-order valence-corrected chi connectivity index (χ3v) is 5.56. The van der Waals surface area contributed by atoms with E-state index in [-0.39, 0.29) is 12.1 Å². The number of carbonyl (C=O) groups is 1. The highest BCUT2D eigenvalue weighted by Crippen LogP contribution is 2.29. The van der Waals surface area contributed by atoms with Gasteiger partial charge in [-0.05, 0) is 37.3 Å². The van der Waals surface area contributed by atoms with E-state index >= 15 is 0 Å². The zero-order chi connectivity index (χ0) is 18.8. The van der Waals surface area contributed by atoms with Crippen LogP contribution in [0.4, 0.5) is 4.79 Å². The van der Waals surface area contributed by atoms with Crippen LogP contribution in [0.3, 0.4) is 0 Å². The van der Waals surface area contributed by atoms with E-state index in [9.17, 15) is 10.1 Å². The van der Waals surface area contributed by atoms with Crippen LogP contribution in [0.2, 0.25) is 0 Å². The van der Waals surface area contributed by atoms with Crippen molar-refractivity contribution >= 4 is 6.03 Å². The second-order valence-corrected chi connectivity index (χ2v) is 7.47. The van der Waals surface area contributed by atoms with Gasteiger partial charge < -0.3 is 10.6 Å². The molecule has 0 saturated carbocycles. The molecule has 142 valence electrons. The summed E-state index contributed by atoms with van der Waals surface area (Å²) in [6.45, 7) is 3.64. The summed E-state index contributed by atoms with van der Waals surface area (Å²) in [6, 6.07) is 9.85. The molecule has 0 spiro atoms. The summed E-state index contributed by atoms with van der Waals surface area (Å²) < 4.78 is 0. The van der Waals surface area contributed by atoms with Crippen LogP contribution in [0, 0.1) is 11.3 Å². The molecule has 4 rings (SSSR count). The van der Waals surface area contributed by atoms with Crippen molar-refractivity contribution in [1.82, 2.24) is 19.8 Å². The van der Waals surface area contributed by atoms with Gasteiger partial charge in [0, 0.05) is 32.2 Å². The van der Waals surface area contributed by atoms with Crippen molar-refractivity contribution in [2.45, 2.75) is 38.3 Å². The van der Waals surface area contributed by atoms with Crippen molar-refractivity contribution in [3.8, 4) is 6.07 Å². The number of rotatable bonds is 3. The minimum absolute atomic E-state index is 0.0147. The van der Waals surface area contributed by atoms with Gasteiger partial charge in [-0.2, -0.15) is 5.26 Å². The topological polar surface area (TPSA) is 79.8 Å². The number of nitrogens with two attached hydrogens (primary N) is 1. The maximum atomic E-state index is 13.3. The van der Waals surface area contributed by atoms with Crippen LogP contribution in [-0.2, 0) is 6.54 Å². The summed E-state index contributed by atoms with van der Waals surface area (Å²) in [5.41, 5.74) is 7.68. The summed E-state index contributed by atoms with van der Waals surface area (Å²) >= 11 is 0. The Labute approximate surface area is 160 Å². The van der Waals surface area contributed by atoms with Gasteiger partial charge in [0.15, 0.2) is 0 Å². The molecule has 1 aromatic carbocycles. The molecular formula is C20H26N6O. The number of piperidine rings is 1. The van der Waals surface area contributed by atoms with Crippen molar-refractivity contribution < 1.29 is 4.79 Å². The third kappa shape index (κ3) is 3.45. The van der Waals surface area contributed by atoms with Crippen LogP contribution in [0.5, 0.6) is 0 Å². The Kier molecular flexibility index (Phi) is 4.90. The highest BCUT2D eigenvalue weighted by atomic mass is 16.2. The Hall–Kier alpha value is -2.72. The number of benzene rings is 1. The van der Waals surface area contributed by atoms with Crippen LogP contribution in [0.15, 0.2) is 36.3 Å². The first-order chi connectivity index (χ1) is 13.2. The first kappa shape index (κ1) is 17.7. The lowest BCUT2D eigenvalue weighted by molar-refractivity contribution is -0.00957. The van der Waals surface area contributed by atoms with Gasteiger partial charge in [0.2, 0.25) is 0 Å². The van der Waals surface area contributed by atoms with E-state index in [1.54, 1.807) is 6.07 Å². The van der Waals surface area contributed by atoms with Gasteiger partial charge in [0.25, 0.3) is 0 Å². The summed E-state index contributed by atoms with van der Waals surface area (Å²) in [5.74, 6) is 0.904. The van der Waals surface area contributed by atoms with Crippen LogP contribution in [0.25, 0.3) is 0 Å². The molecule has 2 N–H and O–H groups in total. The molecule has 3 aliphatic rings. The number of hydrazine groups is 1. The summed E-state index contributed by atoms with van der Waals surface area (Å²) in [7, 11) is 0. The number of hydrogen-bond acceptors (Lipinski definition) is 5. The van der Waals surface area contributed by atoms with Crippen LogP contribution >= 0.6 is 0 Å². The predicted molar refractivity (Wildman–Crippen MR) is 102 cm³/mol. The van der Waals surface area contributed by atoms with E-state index in [1.807, 2.05) is 33.1 Å². The molecule has 1 atom stereocenters. The molecule has 0 aromatic heterocycles. The Bertz CT molecular complexity index is 785. The summed E-state index contributed by atoms with van der Waals surface area (Å²) in [4.78, 5) is 17.4. The molecule has 3 aliphatic heterocycles. The maximum Gasteiger partial charge on any atom is 0.344 e. The summed E-state index contributed by atoms with van der Waals surface area (Å²) in [6.07, 6.45) is 6.24. The molecule has 0 unspecified atom stereocenters. The molecule has 3 heterocycles. The second kappa shape index (κ2) is 7.49. The smallest absolute Gasteiger partial charge is 0.344 e. The van der Waals surface area contributed by atoms with Crippen LogP contribution in [0.1, 0.15) is 36.8 Å². The molecule has 1 aromatic rings. The van der Waals surface area contributed by atoms with E-state index in [4.69, 9.17) is 5.73 Å². The Morgan fingerprint density at radius 2 is 1.96 bits per heavy atom. The van der Waals surface area contributed by atoms with Crippen LogP contribution < -0.4 is 5.73 Å². The molecule has 7 nitrogen and oxygen atoms in total. The maximum absolute atomic E-state index is 13.3. The molecule has 0 bridgehead atoms. The first-order valence-corrected chi connectivity index (χ1v) is 9.73. The molecule has 0 radical (unpaired) electrons. The molecule has 2 fully saturated rings. The molecule has 7 heteroatoms. The van der Waals surface area contributed by atoms with E-state index in [2.05, 4.69) is 17.2 Å². The minimum atomic E-state index is -0.0147. The van der Waals surface area contributed by atoms with Crippen molar-refractivity contribution in [1.29, 1.82) is 5.26 Å². The van der Waals surface area contributed by atoms with Gasteiger partial charge in [0.05, 0.1) is 24.4 Å². The SMILES string of the molecule is N#Cc1ccccc1CN1C(=O)N2CCCCN2C=C1N1CCC[C@@H](N)C1. The lowest BCUT2D eigenvalue weighted by Gasteiger charge is -2.48. The van der Waals surface area contributed by atoms with Gasteiger partial charge >= 0.3 is 6.03 Å². The Morgan fingerprint density at radius 3 is 2.78 bits per heavy atom. The monoisotopic (exact) mass is 366 g/mol. The quantitative estimate of drug-likeness (QED) is 0.885. The van der Waals surface area contributed by atoms with Crippen molar-refractivity contribution in [2.75, 3.05) is 26.2 Å². The summed E-state index contributed by atoms with van der Waals surface area (Å²) in [5, 5.41) is 13.3. The lowest BCUT2D eigenvalue weighted by atomic mass is 10.1. The van der Waals surface area contributed by atoms with Gasteiger partial charge in [0.1, 0.15) is 5.82 Å². The van der Waals surface area contributed by atoms with Gasteiger partial charge in [-0.1, -0.05) is 18.2 Å². The molecule has 2 amide bonds.